The molecule has 3 aromatic rings. The highest BCUT2D eigenvalue weighted by atomic mass is 32.2. The third-order valence-corrected chi connectivity index (χ3v) is 12.2. The van der Waals surface area contributed by atoms with Crippen molar-refractivity contribution in [3.63, 3.8) is 0 Å². The zero-order valence-electron chi connectivity index (χ0n) is 31.8. The first-order chi connectivity index (χ1) is 25.9. The van der Waals surface area contributed by atoms with Crippen LogP contribution in [-0.4, -0.2) is 61.3 Å². The summed E-state index contributed by atoms with van der Waals surface area (Å²) in [6, 6.07) is 16.5. The number of carbonyl (C=O) groups excluding carboxylic acids is 4. The molecule has 3 aromatic carbocycles. The van der Waals surface area contributed by atoms with E-state index in [1.54, 1.807) is 45.0 Å². The summed E-state index contributed by atoms with van der Waals surface area (Å²) in [5.74, 6) is -3.18. The molecular weight excluding hydrogens is 730 g/mol. The molecule has 55 heavy (non-hydrogen) atoms. The SMILES string of the molecule is CC(C)Oc1ccc(CN2C(=O)[C@@H](NC(=O)OC(C)(C)C)CS(=O)(=O)c3cc(F)c(C(=O)NC45CCC(C(=O)OCc6ccccc6)(CC4)CC5)cc32)cc1. The van der Waals surface area contributed by atoms with Gasteiger partial charge in [0.05, 0.1) is 40.0 Å². The van der Waals surface area contributed by atoms with Crippen molar-refractivity contribution in [3.8, 4) is 5.75 Å². The topological polar surface area (TPSA) is 157 Å². The van der Waals surface area contributed by atoms with Crippen LogP contribution in [0.4, 0.5) is 14.9 Å². The maximum atomic E-state index is 16.0. The Labute approximate surface area is 321 Å². The second-order valence-corrected chi connectivity index (χ2v) is 18.1. The molecule has 294 valence electrons. The predicted molar refractivity (Wildman–Crippen MR) is 202 cm³/mol. The van der Waals surface area contributed by atoms with Gasteiger partial charge in [0.15, 0.2) is 9.84 Å². The van der Waals surface area contributed by atoms with E-state index >= 15 is 4.39 Å². The molecular formula is C41H48FN3O9S. The number of amides is 3. The molecule has 0 unspecified atom stereocenters. The van der Waals surface area contributed by atoms with Crippen molar-refractivity contribution in [2.45, 2.75) is 114 Å². The van der Waals surface area contributed by atoms with Crippen LogP contribution in [0.3, 0.4) is 0 Å². The number of rotatable bonds is 10. The molecule has 3 saturated carbocycles. The molecule has 1 aliphatic heterocycles. The van der Waals surface area contributed by atoms with Gasteiger partial charge in [0.25, 0.3) is 11.8 Å². The number of nitrogens with one attached hydrogen (secondary N) is 2. The molecule has 12 nitrogen and oxygen atoms in total. The van der Waals surface area contributed by atoms with Gasteiger partial charge in [-0.25, -0.2) is 17.6 Å². The number of nitrogens with zero attached hydrogens (tertiary/aromatic N) is 1. The van der Waals surface area contributed by atoms with Gasteiger partial charge in [-0.2, -0.15) is 0 Å². The molecule has 7 rings (SSSR count). The van der Waals surface area contributed by atoms with Gasteiger partial charge in [-0.15, -0.1) is 0 Å². The Kier molecular flexibility index (Phi) is 11.0. The minimum atomic E-state index is -4.40. The van der Waals surface area contributed by atoms with Gasteiger partial charge >= 0.3 is 12.1 Å². The summed E-state index contributed by atoms with van der Waals surface area (Å²) >= 11 is 0. The largest absolute Gasteiger partial charge is 0.491 e. The molecule has 0 aromatic heterocycles. The summed E-state index contributed by atoms with van der Waals surface area (Å²) < 4.78 is 60.4. The Hall–Kier alpha value is -4.98. The zero-order valence-corrected chi connectivity index (χ0v) is 32.6. The fraction of sp³-hybridized carbons (Fsp3) is 0.463. The number of fused-ring (bicyclic) bond motifs is 4. The smallest absolute Gasteiger partial charge is 0.408 e. The molecule has 0 saturated heterocycles. The molecule has 4 aliphatic rings. The minimum Gasteiger partial charge on any atom is -0.491 e. The fourth-order valence-corrected chi connectivity index (χ4v) is 9.19. The monoisotopic (exact) mass is 777 g/mol. The van der Waals surface area contributed by atoms with Gasteiger partial charge in [0.2, 0.25) is 0 Å². The van der Waals surface area contributed by atoms with Crippen LogP contribution in [0.15, 0.2) is 71.6 Å². The van der Waals surface area contributed by atoms with E-state index in [4.69, 9.17) is 14.2 Å². The fourth-order valence-electron chi connectivity index (χ4n) is 7.57. The normalized spacial score (nSPS) is 23.0. The summed E-state index contributed by atoms with van der Waals surface area (Å²) in [6.07, 6.45) is 1.79. The first-order valence-corrected chi connectivity index (χ1v) is 20.2. The highest BCUT2D eigenvalue weighted by Gasteiger charge is 2.54. The molecule has 2 N–H and O–H groups in total. The molecule has 0 radical (unpaired) electrons. The van der Waals surface area contributed by atoms with Crippen LogP contribution in [0.5, 0.6) is 5.75 Å². The summed E-state index contributed by atoms with van der Waals surface area (Å²) in [7, 11) is -4.40. The predicted octanol–water partition coefficient (Wildman–Crippen LogP) is 6.39. The lowest BCUT2D eigenvalue weighted by molar-refractivity contribution is -0.165. The van der Waals surface area contributed by atoms with E-state index < -0.39 is 72.4 Å². The van der Waals surface area contributed by atoms with E-state index in [1.807, 2.05) is 44.2 Å². The van der Waals surface area contributed by atoms with E-state index in [-0.39, 0.29) is 30.9 Å². The number of halogens is 1. The van der Waals surface area contributed by atoms with Crippen molar-refractivity contribution in [2.75, 3.05) is 10.7 Å². The van der Waals surface area contributed by atoms with Crippen LogP contribution in [0, 0.1) is 11.2 Å². The van der Waals surface area contributed by atoms with Crippen molar-refractivity contribution in [3.05, 3.63) is 89.2 Å². The Morgan fingerprint density at radius 3 is 2.16 bits per heavy atom. The molecule has 1 atom stereocenters. The van der Waals surface area contributed by atoms with E-state index in [2.05, 4.69) is 10.6 Å². The van der Waals surface area contributed by atoms with Crippen LogP contribution in [0.2, 0.25) is 0 Å². The molecule has 1 heterocycles. The van der Waals surface area contributed by atoms with E-state index in [9.17, 15) is 27.6 Å². The maximum Gasteiger partial charge on any atom is 0.408 e. The second kappa shape index (κ2) is 15.3. The average molecular weight is 778 g/mol. The number of benzene rings is 3. The summed E-state index contributed by atoms with van der Waals surface area (Å²) in [6.45, 7) is 8.64. The van der Waals surface area contributed by atoms with Crippen LogP contribution in [0.1, 0.15) is 94.6 Å². The number of carbonyl (C=O) groups is 4. The molecule has 14 heteroatoms. The van der Waals surface area contributed by atoms with Gasteiger partial charge in [-0.3, -0.25) is 14.4 Å². The minimum absolute atomic E-state index is 0.0833. The Morgan fingerprint density at radius 1 is 0.927 bits per heavy atom. The van der Waals surface area contributed by atoms with Crippen molar-refractivity contribution in [1.29, 1.82) is 0 Å². The standard InChI is InChI=1S/C41H48FN3O9S/c1-26(2)53-29-13-11-27(12-14-29)23-45-33-21-30(31(42)22-34(33)55(50,51)25-32(36(45)47)43-38(49)54-39(3,4)5)35(46)44-41-18-15-40(16-19-41,17-20-41)37(48)52-24-28-9-7-6-8-10-28/h6-14,21-22,26,32H,15-20,23-25H2,1-5H3,(H,43,49)(H,44,46)/t32-,40?,41?/m0/s1. The number of anilines is 1. The Bertz CT molecular complexity index is 2040. The number of ether oxygens (including phenoxy) is 3. The highest BCUT2D eigenvalue weighted by Crippen LogP contribution is 2.53. The van der Waals surface area contributed by atoms with Crippen LogP contribution in [-0.2, 0) is 42.1 Å². The number of hydrogen-bond acceptors (Lipinski definition) is 9. The van der Waals surface area contributed by atoms with Gasteiger partial charge in [0, 0.05) is 5.54 Å². The Balaban J connectivity index is 1.26. The van der Waals surface area contributed by atoms with E-state index in [1.165, 1.54) is 0 Å². The first kappa shape index (κ1) is 39.7. The number of hydrogen-bond donors (Lipinski definition) is 2. The Morgan fingerprint density at radius 2 is 1.56 bits per heavy atom. The van der Waals surface area contributed by atoms with Crippen LogP contribution < -0.4 is 20.3 Å². The van der Waals surface area contributed by atoms with Gasteiger partial charge < -0.3 is 29.7 Å². The van der Waals surface area contributed by atoms with Crippen LogP contribution >= 0.6 is 0 Å². The first-order valence-electron chi connectivity index (χ1n) is 18.5. The number of esters is 1. The van der Waals surface area contributed by atoms with Crippen molar-refractivity contribution < 1.29 is 46.2 Å². The summed E-state index contributed by atoms with van der Waals surface area (Å²) in [4.78, 5) is 54.9. The van der Waals surface area contributed by atoms with Crippen molar-refractivity contribution >= 4 is 39.4 Å². The second-order valence-electron chi connectivity index (χ2n) is 16.1. The lowest BCUT2D eigenvalue weighted by atomic mass is 9.57. The molecule has 3 amide bonds. The maximum absolute atomic E-state index is 16.0. The van der Waals surface area contributed by atoms with E-state index in [0.717, 1.165) is 22.6 Å². The third-order valence-electron chi connectivity index (χ3n) is 10.5. The molecule has 3 fully saturated rings. The quantitative estimate of drug-likeness (QED) is 0.223. The lowest BCUT2D eigenvalue weighted by Crippen LogP contribution is -2.58. The van der Waals surface area contributed by atoms with Crippen LogP contribution in [0.25, 0.3) is 0 Å². The molecule has 2 bridgehead atoms. The summed E-state index contributed by atoms with van der Waals surface area (Å²) in [5.41, 5.74) is -1.47. The van der Waals surface area contributed by atoms with Crippen molar-refractivity contribution in [1.82, 2.24) is 10.6 Å². The summed E-state index contributed by atoms with van der Waals surface area (Å²) in [5, 5.41) is 5.41. The van der Waals surface area contributed by atoms with Gasteiger partial charge in [-0.1, -0.05) is 42.5 Å². The zero-order chi connectivity index (χ0) is 39.8. The number of sulfone groups is 1. The lowest BCUT2D eigenvalue weighted by Gasteiger charge is -2.52. The highest BCUT2D eigenvalue weighted by molar-refractivity contribution is 7.91. The van der Waals surface area contributed by atoms with Gasteiger partial charge in [-0.05, 0) is 109 Å². The number of alkyl carbamates (subject to hydrolysis) is 1. The third kappa shape index (κ3) is 8.95. The van der Waals surface area contributed by atoms with E-state index in [0.29, 0.717) is 49.8 Å². The molecule has 0 spiro atoms. The average Bonchev–Trinajstić information content (AvgIpc) is 3.19. The van der Waals surface area contributed by atoms with Crippen molar-refractivity contribution in [2.24, 2.45) is 5.41 Å². The van der Waals surface area contributed by atoms with Gasteiger partial charge in [0.1, 0.15) is 29.8 Å². The molecule has 3 aliphatic carbocycles.